The lowest BCUT2D eigenvalue weighted by atomic mass is 9.75. The minimum atomic E-state index is 0.225. The summed E-state index contributed by atoms with van der Waals surface area (Å²) in [5.41, 5.74) is 6.76. The maximum atomic E-state index is 6.40. The smallest absolute Gasteiger partial charge is 0.138 e. The van der Waals surface area contributed by atoms with Gasteiger partial charge in [-0.15, -0.1) is 0 Å². The molecule has 1 heterocycles. The number of nitrogens with zero attached hydrogens (tertiary/aromatic N) is 3. The van der Waals surface area contributed by atoms with Crippen molar-refractivity contribution in [3.05, 3.63) is 12.2 Å². The second kappa shape index (κ2) is 4.53. The molecule has 0 radical (unpaired) electrons. The zero-order valence-corrected chi connectivity index (χ0v) is 10.3. The van der Waals surface area contributed by atoms with Gasteiger partial charge in [0.15, 0.2) is 0 Å². The van der Waals surface area contributed by atoms with E-state index in [0.29, 0.717) is 5.41 Å². The van der Waals surface area contributed by atoms with Crippen LogP contribution in [0.2, 0.25) is 0 Å². The van der Waals surface area contributed by atoms with E-state index in [-0.39, 0.29) is 6.04 Å². The number of aryl methyl sites for hydroxylation is 1. The van der Waals surface area contributed by atoms with Crippen LogP contribution >= 0.6 is 0 Å². The van der Waals surface area contributed by atoms with Gasteiger partial charge in [-0.1, -0.05) is 19.8 Å². The molecule has 1 aliphatic rings. The van der Waals surface area contributed by atoms with Crippen molar-refractivity contribution in [2.45, 2.75) is 51.5 Å². The summed E-state index contributed by atoms with van der Waals surface area (Å²) in [5.74, 6) is 1.01. The first-order valence-electron chi connectivity index (χ1n) is 6.26. The summed E-state index contributed by atoms with van der Waals surface area (Å²) in [6.07, 6.45) is 8.87. The van der Waals surface area contributed by atoms with Gasteiger partial charge >= 0.3 is 0 Å². The van der Waals surface area contributed by atoms with Gasteiger partial charge in [0.1, 0.15) is 12.2 Å². The summed E-state index contributed by atoms with van der Waals surface area (Å²) in [5, 5.41) is 4.09. The van der Waals surface area contributed by atoms with Crippen molar-refractivity contribution in [2.75, 3.05) is 0 Å². The Morgan fingerprint density at radius 1 is 1.50 bits per heavy atom. The number of aromatic nitrogens is 3. The summed E-state index contributed by atoms with van der Waals surface area (Å²) in [7, 11) is 1.93. The zero-order valence-electron chi connectivity index (χ0n) is 10.3. The molecule has 1 aromatic heterocycles. The average molecular weight is 222 g/mol. The van der Waals surface area contributed by atoms with Gasteiger partial charge in [0.2, 0.25) is 0 Å². The van der Waals surface area contributed by atoms with Gasteiger partial charge < -0.3 is 5.73 Å². The van der Waals surface area contributed by atoms with Crippen molar-refractivity contribution < 1.29 is 0 Å². The molecule has 1 atom stereocenters. The van der Waals surface area contributed by atoms with Crippen LogP contribution in [0.25, 0.3) is 0 Å². The first kappa shape index (κ1) is 11.6. The number of hydrogen-bond acceptors (Lipinski definition) is 3. The molecule has 1 saturated carbocycles. The molecule has 1 aromatic rings. The van der Waals surface area contributed by atoms with Crippen LogP contribution in [-0.2, 0) is 13.5 Å². The summed E-state index contributed by atoms with van der Waals surface area (Å²) < 4.78 is 1.83. The van der Waals surface area contributed by atoms with E-state index in [2.05, 4.69) is 17.0 Å². The quantitative estimate of drug-likeness (QED) is 0.843. The number of nitrogens with two attached hydrogens (primary N) is 1. The zero-order chi connectivity index (χ0) is 11.6. The van der Waals surface area contributed by atoms with E-state index in [9.17, 15) is 0 Å². The summed E-state index contributed by atoms with van der Waals surface area (Å²) in [4.78, 5) is 4.26. The van der Waals surface area contributed by atoms with Gasteiger partial charge in [-0.3, -0.25) is 4.68 Å². The van der Waals surface area contributed by atoms with Gasteiger partial charge in [-0.05, 0) is 24.7 Å². The van der Waals surface area contributed by atoms with Crippen LogP contribution in [0.4, 0.5) is 0 Å². The van der Waals surface area contributed by atoms with E-state index in [1.165, 1.54) is 32.1 Å². The standard InChI is InChI=1S/C12H22N4/c1-3-12(6-4-5-7-12)10(13)8-11-14-9-15-16(11)2/h9-10H,3-8,13H2,1-2H3. The normalized spacial score (nSPS) is 21.2. The minimum Gasteiger partial charge on any atom is -0.327 e. The molecule has 0 spiro atoms. The number of hydrogen-bond donors (Lipinski definition) is 1. The molecule has 1 aliphatic carbocycles. The summed E-state index contributed by atoms with van der Waals surface area (Å²) in [6, 6.07) is 0.225. The van der Waals surface area contributed by atoms with E-state index in [1.54, 1.807) is 6.33 Å². The highest BCUT2D eigenvalue weighted by Crippen LogP contribution is 2.43. The Labute approximate surface area is 97.2 Å². The Morgan fingerprint density at radius 3 is 2.69 bits per heavy atom. The van der Waals surface area contributed by atoms with Gasteiger partial charge in [-0.2, -0.15) is 5.10 Å². The Kier molecular flexibility index (Phi) is 3.28. The molecule has 0 bridgehead atoms. The fraction of sp³-hybridized carbons (Fsp3) is 0.833. The maximum Gasteiger partial charge on any atom is 0.138 e. The van der Waals surface area contributed by atoms with E-state index >= 15 is 0 Å². The lowest BCUT2D eigenvalue weighted by Gasteiger charge is -2.34. The Bertz CT molecular complexity index is 339. The van der Waals surface area contributed by atoms with Crippen molar-refractivity contribution in [3.63, 3.8) is 0 Å². The molecule has 90 valence electrons. The molecular weight excluding hydrogens is 200 g/mol. The highest BCUT2D eigenvalue weighted by atomic mass is 15.3. The molecule has 4 heteroatoms. The van der Waals surface area contributed by atoms with Crippen molar-refractivity contribution in [1.29, 1.82) is 0 Å². The van der Waals surface area contributed by atoms with Crippen molar-refractivity contribution in [2.24, 2.45) is 18.2 Å². The molecule has 0 saturated heterocycles. The third-order valence-corrected chi connectivity index (χ3v) is 4.30. The number of rotatable bonds is 4. The lowest BCUT2D eigenvalue weighted by molar-refractivity contribution is 0.215. The molecule has 0 aliphatic heterocycles. The largest absolute Gasteiger partial charge is 0.327 e. The highest BCUT2D eigenvalue weighted by molar-refractivity contribution is 4.98. The van der Waals surface area contributed by atoms with E-state index in [0.717, 1.165) is 12.2 Å². The van der Waals surface area contributed by atoms with Crippen LogP contribution in [-0.4, -0.2) is 20.8 Å². The highest BCUT2D eigenvalue weighted by Gasteiger charge is 2.38. The molecular formula is C12H22N4. The van der Waals surface area contributed by atoms with E-state index < -0.39 is 0 Å². The predicted octanol–water partition coefficient (Wildman–Crippen LogP) is 1.66. The molecule has 2 N–H and O–H groups in total. The molecule has 4 nitrogen and oxygen atoms in total. The molecule has 0 amide bonds. The first-order chi connectivity index (χ1) is 7.68. The molecule has 1 fully saturated rings. The van der Waals surface area contributed by atoms with Crippen molar-refractivity contribution >= 4 is 0 Å². The van der Waals surface area contributed by atoms with Crippen LogP contribution in [0.15, 0.2) is 6.33 Å². The SMILES string of the molecule is CCC1(C(N)Cc2ncnn2C)CCCC1. The molecule has 2 rings (SSSR count). The Morgan fingerprint density at radius 2 is 2.19 bits per heavy atom. The topological polar surface area (TPSA) is 56.7 Å². The van der Waals surface area contributed by atoms with Crippen molar-refractivity contribution in [3.8, 4) is 0 Å². The maximum absolute atomic E-state index is 6.40. The molecule has 16 heavy (non-hydrogen) atoms. The average Bonchev–Trinajstić information content (AvgIpc) is 2.89. The van der Waals surface area contributed by atoms with Crippen LogP contribution in [0.1, 0.15) is 44.9 Å². The van der Waals surface area contributed by atoms with Crippen molar-refractivity contribution in [1.82, 2.24) is 14.8 Å². The third-order valence-electron chi connectivity index (χ3n) is 4.30. The van der Waals surface area contributed by atoms with Gasteiger partial charge in [-0.25, -0.2) is 4.98 Å². The van der Waals surface area contributed by atoms with Gasteiger partial charge in [0.25, 0.3) is 0 Å². The summed E-state index contributed by atoms with van der Waals surface area (Å²) >= 11 is 0. The van der Waals surface area contributed by atoms with Crippen LogP contribution < -0.4 is 5.73 Å². The fourth-order valence-corrected chi connectivity index (χ4v) is 2.98. The monoisotopic (exact) mass is 222 g/mol. The Balaban J connectivity index is 2.07. The van der Waals surface area contributed by atoms with Gasteiger partial charge in [0, 0.05) is 19.5 Å². The van der Waals surface area contributed by atoms with Crippen LogP contribution in [0.5, 0.6) is 0 Å². The Hall–Kier alpha value is -0.900. The van der Waals surface area contributed by atoms with Gasteiger partial charge in [0.05, 0.1) is 0 Å². The lowest BCUT2D eigenvalue weighted by Crippen LogP contribution is -2.41. The van der Waals surface area contributed by atoms with Crippen LogP contribution in [0, 0.1) is 5.41 Å². The van der Waals surface area contributed by atoms with E-state index in [1.807, 2.05) is 11.7 Å². The fourth-order valence-electron chi connectivity index (χ4n) is 2.98. The van der Waals surface area contributed by atoms with Crippen LogP contribution in [0.3, 0.4) is 0 Å². The minimum absolute atomic E-state index is 0.225. The second-order valence-electron chi connectivity index (χ2n) is 5.03. The summed E-state index contributed by atoms with van der Waals surface area (Å²) in [6.45, 7) is 2.27. The second-order valence-corrected chi connectivity index (χ2v) is 5.03. The molecule has 0 aromatic carbocycles. The predicted molar refractivity (Wildman–Crippen MR) is 63.9 cm³/mol. The first-order valence-corrected chi connectivity index (χ1v) is 6.26. The van der Waals surface area contributed by atoms with E-state index in [4.69, 9.17) is 5.73 Å². The third kappa shape index (κ3) is 1.98. The molecule has 1 unspecified atom stereocenters.